The lowest BCUT2D eigenvalue weighted by Crippen LogP contribution is -2.26. The minimum absolute atomic E-state index is 0.455. The molecule has 6 heteroatoms. The van der Waals surface area contributed by atoms with E-state index in [-0.39, 0.29) is 0 Å². The average Bonchev–Trinajstić information content (AvgIpc) is 2.72. The van der Waals surface area contributed by atoms with E-state index in [4.69, 9.17) is 11.6 Å². The van der Waals surface area contributed by atoms with Crippen molar-refractivity contribution in [3.8, 4) is 0 Å². The van der Waals surface area contributed by atoms with Crippen molar-refractivity contribution in [1.82, 2.24) is 9.97 Å². The minimum Gasteiger partial charge on any atom is -0.365 e. The van der Waals surface area contributed by atoms with Crippen LogP contribution in [-0.4, -0.2) is 27.5 Å². The number of hydrogen-bond donors (Lipinski definition) is 1. The highest BCUT2D eigenvalue weighted by atomic mass is 79.9. The van der Waals surface area contributed by atoms with E-state index in [1.54, 1.807) is 0 Å². The van der Waals surface area contributed by atoms with Crippen LogP contribution in [-0.2, 0) is 0 Å². The summed E-state index contributed by atoms with van der Waals surface area (Å²) < 4.78 is 0.753. The van der Waals surface area contributed by atoms with Crippen LogP contribution in [0.3, 0.4) is 0 Å². The van der Waals surface area contributed by atoms with Gasteiger partial charge in [-0.15, -0.1) is 0 Å². The Hall–Kier alpha value is -0.0000000000000000555. The standard InChI is InChI=1S/C10H13BrClN3S/c1-16-7-4-2-3-6(7)15-10-8(11)9(12)13-5-14-10/h5-7H,2-4H2,1H3,(H,13,14,15). The fraction of sp³-hybridized carbons (Fsp3) is 0.600. The first-order valence-corrected chi connectivity index (χ1v) is 7.63. The molecule has 1 fully saturated rings. The lowest BCUT2D eigenvalue weighted by molar-refractivity contribution is 0.761. The number of nitrogens with one attached hydrogen (secondary N) is 1. The molecule has 1 aliphatic carbocycles. The molecule has 3 nitrogen and oxygen atoms in total. The first-order chi connectivity index (χ1) is 7.72. The van der Waals surface area contributed by atoms with Crippen LogP contribution in [0, 0.1) is 0 Å². The topological polar surface area (TPSA) is 37.8 Å². The Labute approximate surface area is 113 Å². The maximum Gasteiger partial charge on any atom is 0.148 e. The van der Waals surface area contributed by atoms with Crippen LogP contribution in [0.4, 0.5) is 5.82 Å². The van der Waals surface area contributed by atoms with Crippen molar-refractivity contribution in [2.75, 3.05) is 11.6 Å². The Morgan fingerprint density at radius 3 is 3.06 bits per heavy atom. The van der Waals surface area contributed by atoms with Gasteiger partial charge in [0.1, 0.15) is 17.3 Å². The molecule has 0 amide bonds. The first-order valence-electron chi connectivity index (χ1n) is 5.17. The zero-order valence-electron chi connectivity index (χ0n) is 8.91. The van der Waals surface area contributed by atoms with Gasteiger partial charge >= 0.3 is 0 Å². The van der Waals surface area contributed by atoms with Gasteiger partial charge in [0.2, 0.25) is 0 Å². The molecule has 1 saturated carbocycles. The Kier molecular flexibility index (Phi) is 4.33. The van der Waals surface area contributed by atoms with Crippen LogP contribution >= 0.6 is 39.3 Å². The normalized spacial score (nSPS) is 24.7. The lowest BCUT2D eigenvalue weighted by Gasteiger charge is -2.20. The van der Waals surface area contributed by atoms with Crippen molar-refractivity contribution in [3.63, 3.8) is 0 Å². The fourth-order valence-electron chi connectivity index (χ4n) is 2.00. The molecule has 1 aromatic heterocycles. The monoisotopic (exact) mass is 321 g/mol. The molecule has 16 heavy (non-hydrogen) atoms. The molecule has 2 atom stereocenters. The summed E-state index contributed by atoms with van der Waals surface area (Å²) >= 11 is 11.2. The van der Waals surface area contributed by atoms with Gasteiger partial charge in [-0.05, 0) is 35.0 Å². The lowest BCUT2D eigenvalue weighted by atomic mass is 10.2. The van der Waals surface area contributed by atoms with Crippen molar-refractivity contribution in [2.45, 2.75) is 30.6 Å². The third-order valence-electron chi connectivity index (χ3n) is 2.82. The number of halogens is 2. The minimum atomic E-state index is 0.455. The summed E-state index contributed by atoms with van der Waals surface area (Å²) in [6.07, 6.45) is 7.39. The third-order valence-corrected chi connectivity index (χ3v) is 5.26. The van der Waals surface area contributed by atoms with Gasteiger partial charge in [-0.3, -0.25) is 0 Å². The molecule has 0 spiro atoms. The summed E-state index contributed by atoms with van der Waals surface area (Å²) in [4.78, 5) is 8.12. The number of hydrogen-bond acceptors (Lipinski definition) is 4. The van der Waals surface area contributed by atoms with Gasteiger partial charge in [0.05, 0.1) is 4.47 Å². The van der Waals surface area contributed by atoms with Crippen LogP contribution < -0.4 is 5.32 Å². The molecule has 1 aromatic rings. The van der Waals surface area contributed by atoms with Gasteiger partial charge in [-0.2, -0.15) is 11.8 Å². The molecule has 1 aliphatic rings. The number of thioether (sulfide) groups is 1. The summed E-state index contributed by atoms with van der Waals surface area (Å²) in [6, 6.07) is 0.484. The smallest absolute Gasteiger partial charge is 0.148 e. The Balaban J connectivity index is 2.11. The average molecular weight is 323 g/mol. The van der Waals surface area contributed by atoms with Gasteiger partial charge in [0, 0.05) is 11.3 Å². The van der Waals surface area contributed by atoms with E-state index in [1.165, 1.54) is 25.6 Å². The van der Waals surface area contributed by atoms with Crippen LogP contribution in [0.2, 0.25) is 5.15 Å². The Morgan fingerprint density at radius 1 is 1.50 bits per heavy atom. The van der Waals surface area contributed by atoms with Crippen molar-refractivity contribution < 1.29 is 0 Å². The van der Waals surface area contributed by atoms with Crippen LogP contribution in [0.15, 0.2) is 10.8 Å². The van der Waals surface area contributed by atoms with Crippen LogP contribution in [0.1, 0.15) is 19.3 Å². The summed E-state index contributed by atoms with van der Waals surface area (Å²) in [5, 5.41) is 4.57. The van der Waals surface area contributed by atoms with Gasteiger partial charge in [-0.1, -0.05) is 18.0 Å². The van der Waals surface area contributed by atoms with E-state index in [9.17, 15) is 0 Å². The maximum absolute atomic E-state index is 5.93. The highest BCUT2D eigenvalue weighted by Crippen LogP contribution is 2.33. The van der Waals surface area contributed by atoms with E-state index in [0.29, 0.717) is 16.4 Å². The SMILES string of the molecule is CSC1CCCC1Nc1ncnc(Cl)c1Br. The van der Waals surface area contributed by atoms with Crippen molar-refractivity contribution in [1.29, 1.82) is 0 Å². The second kappa shape index (κ2) is 5.56. The molecular weight excluding hydrogens is 310 g/mol. The number of nitrogens with zero attached hydrogens (tertiary/aromatic N) is 2. The van der Waals surface area contributed by atoms with Gasteiger partial charge < -0.3 is 5.32 Å². The molecule has 1 N–H and O–H groups in total. The zero-order chi connectivity index (χ0) is 11.5. The molecule has 1 heterocycles. The molecule has 88 valence electrons. The van der Waals surface area contributed by atoms with E-state index in [1.807, 2.05) is 11.8 Å². The number of anilines is 1. The molecule has 0 aliphatic heterocycles. The molecular formula is C10H13BrClN3S. The van der Waals surface area contributed by atoms with Crippen LogP contribution in [0.25, 0.3) is 0 Å². The summed E-state index contributed by atoms with van der Waals surface area (Å²) in [6.45, 7) is 0. The summed E-state index contributed by atoms with van der Waals surface area (Å²) in [5.41, 5.74) is 0. The fourth-order valence-corrected chi connectivity index (χ4v) is 3.39. The predicted octanol–water partition coefficient (Wildman–Crippen LogP) is 3.59. The van der Waals surface area contributed by atoms with E-state index >= 15 is 0 Å². The Morgan fingerprint density at radius 2 is 2.31 bits per heavy atom. The van der Waals surface area contributed by atoms with E-state index in [2.05, 4.69) is 37.5 Å². The van der Waals surface area contributed by atoms with Crippen molar-refractivity contribution >= 4 is 45.1 Å². The quantitative estimate of drug-likeness (QED) is 0.863. The molecule has 0 bridgehead atoms. The second-order valence-corrected chi connectivity index (χ2v) is 6.01. The predicted molar refractivity (Wildman–Crippen MR) is 73.3 cm³/mol. The molecule has 0 saturated heterocycles. The highest BCUT2D eigenvalue weighted by Gasteiger charge is 2.27. The van der Waals surface area contributed by atoms with Crippen molar-refractivity contribution in [2.24, 2.45) is 0 Å². The highest BCUT2D eigenvalue weighted by molar-refractivity contribution is 9.10. The maximum atomic E-state index is 5.93. The zero-order valence-corrected chi connectivity index (χ0v) is 12.1. The van der Waals surface area contributed by atoms with Gasteiger partial charge in [-0.25, -0.2) is 9.97 Å². The van der Waals surface area contributed by atoms with Crippen LogP contribution in [0.5, 0.6) is 0 Å². The molecule has 2 rings (SSSR count). The van der Waals surface area contributed by atoms with E-state index in [0.717, 1.165) is 10.3 Å². The van der Waals surface area contributed by atoms with Gasteiger partial charge in [0.25, 0.3) is 0 Å². The Bertz CT molecular complexity index is 377. The van der Waals surface area contributed by atoms with Gasteiger partial charge in [0.15, 0.2) is 0 Å². The molecule has 0 aromatic carbocycles. The van der Waals surface area contributed by atoms with E-state index < -0.39 is 0 Å². The summed E-state index contributed by atoms with van der Waals surface area (Å²) in [7, 11) is 0. The molecule has 2 unspecified atom stereocenters. The number of aromatic nitrogens is 2. The second-order valence-electron chi connectivity index (χ2n) is 3.78. The largest absolute Gasteiger partial charge is 0.365 e. The van der Waals surface area contributed by atoms with Crippen molar-refractivity contribution in [3.05, 3.63) is 16.0 Å². The summed E-state index contributed by atoms with van der Waals surface area (Å²) in [5.74, 6) is 0.797. The molecule has 0 radical (unpaired) electrons. The third kappa shape index (κ3) is 2.63. The number of rotatable bonds is 3. The first kappa shape index (κ1) is 12.5.